The fourth-order valence-corrected chi connectivity index (χ4v) is 3.65. The number of thiophene rings is 1. The van der Waals surface area contributed by atoms with E-state index in [1.165, 1.54) is 4.88 Å². The highest BCUT2D eigenvalue weighted by molar-refractivity contribution is 7.13. The average molecular weight is 373 g/mol. The number of pyridine rings is 1. The molecule has 0 N–H and O–H groups in total. The lowest BCUT2D eigenvalue weighted by molar-refractivity contribution is 0.415. The molecule has 2 heterocycles. The van der Waals surface area contributed by atoms with Crippen LogP contribution in [0.25, 0.3) is 33.0 Å². The van der Waals surface area contributed by atoms with Gasteiger partial charge in [-0.15, -0.1) is 11.3 Å². The van der Waals surface area contributed by atoms with Crippen LogP contribution < -0.4 is 9.47 Å². The van der Waals surface area contributed by atoms with Crippen molar-refractivity contribution in [2.24, 2.45) is 0 Å². The Morgan fingerprint density at radius 2 is 1.19 bits per heavy atom. The Bertz CT molecular complexity index is 957. The number of ether oxygens (including phenoxy) is 2. The van der Waals surface area contributed by atoms with Crippen molar-refractivity contribution in [3.63, 3.8) is 0 Å². The predicted octanol–water partition coefficient (Wildman–Crippen LogP) is 6.16. The summed E-state index contributed by atoms with van der Waals surface area (Å²) in [6.07, 6.45) is 0. The number of methoxy groups -OCH3 is 2. The van der Waals surface area contributed by atoms with Crippen LogP contribution in [0.15, 0.2) is 78.2 Å². The van der Waals surface area contributed by atoms with Gasteiger partial charge in [-0.25, -0.2) is 4.98 Å². The molecule has 3 nitrogen and oxygen atoms in total. The quantitative estimate of drug-likeness (QED) is 0.420. The highest BCUT2D eigenvalue weighted by Crippen LogP contribution is 2.33. The van der Waals surface area contributed by atoms with Gasteiger partial charge in [-0.3, -0.25) is 0 Å². The fourth-order valence-electron chi connectivity index (χ4n) is 2.93. The smallest absolute Gasteiger partial charge is 0.118 e. The Hall–Kier alpha value is -3.11. The number of rotatable bonds is 5. The minimum Gasteiger partial charge on any atom is -0.497 e. The van der Waals surface area contributed by atoms with E-state index in [1.54, 1.807) is 25.6 Å². The van der Waals surface area contributed by atoms with Gasteiger partial charge in [0.15, 0.2) is 0 Å². The predicted molar refractivity (Wildman–Crippen MR) is 112 cm³/mol. The van der Waals surface area contributed by atoms with Gasteiger partial charge in [0.1, 0.15) is 11.5 Å². The van der Waals surface area contributed by atoms with Gasteiger partial charge in [-0.2, -0.15) is 0 Å². The molecule has 0 radical (unpaired) electrons. The zero-order chi connectivity index (χ0) is 18.6. The van der Waals surface area contributed by atoms with Gasteiger partial charge in [0.05, 0.1) is 25.6 Å². The van der Waals surface area contributed by atoms with E-state index in [9.17, 15) is 0 Å². The monoisotopic (exact) mass is 373 g/mol. The second-order valence-electron chi connectivity index (χ2n) is 6.06. The first-order chi connectivity index (χ1) is 13.3. The van der Waals surface area contributed by atoms with Crippen LogP contribution in [0.1, 0.15) is 0 Å². The molecule has 0 amide bonds. The molecule has 4 rings (SSSR count). The van der Waals surface area contributed by atoms with Crippen molar-refractivity contribution < 1.29 is 9.47 Å². The van der Waals surface area contributed by atoms with Crippen molar-refractivity contribution in [2.75, 3.05) is 14.2 Å². The van der Waals surface area contributed by atoms with Crippen LogP contribution in [0.2, 0.25) is 0 Å². The van der Waals surface area contributed by atoms with Gasteiger partial charge in [0.25, 0.3) is 0 Å². The van der Waals surface area contributed by atoms with E-state index in [4.69, 9.17) is 14.5 Å². The standard InChI is InChI=1S/C23H19NO2S/c1-25-19-9-5-16(6-10-19)21-14-18(23-4-3-13-27-23)15-22(24-21)17-7-11-20(26-2)12-8-17/h3-15H,1-2H3. The maximum absolute atomic E-state index is 5.27. The highest BCUT2D eigenvalue weighted by Gasteiger charge is 2.10. The van der Waals surface area contributed by atoms with Crippen molar-refractivity contribution in [2.45, 2.75) is 0 Å². The molecule has 4 aromatic rings. The summed E-state index contributed by atoms with van der Waals surface area (Å²) in [5, 5.41) is 2.09. The van der Waals surface area contributed by atoms with E-state index in [1.807, 2.05) is 48.5 Å². The zero-order valence-corrected chi connectivity index (χ0v) is 16.0. The SMILES string of the molecule is COc1ccc(-c2cc(-c3cccs3)cc(-c3ccc(OC)cc3)n2)cc1. The van der Waals surface area contributed by atoms with E-state index in [2.05, 4.69) is 29.6 Å². The van der Waals surface area contributed by atoms with E-state index in [0.717, 1.165) is 39.6 Å². The summed E-state index contributed by atoms with van der Waals surface area (Å²) in [5.41, 5.74) is 5.16. The van der Waals surface area contributed by atoms with Crippen molar-refractivity contribution in [1.82, 2.24) is 4.98 Å². The van der Waals surface area contributed by atoms with E-state index in [0.29, 0.717) is 0 Å². The molecule has 0 atom stereocenters. The highest BCUT2D eigenvalue weighted by atomic mass is 32.1. The van der Waals surface area contributed by atoms with Crippen molar-refractivity contribution >= 4 is 11.3 Å². The maximum atomic E-state index is 5.27. The summed E-state index contributed by atoms with van der Waals surface area (Å²) >= 11 is 1.73. The third kappa shape index (κ3) is 3.71. The van der Waals surface area contributed by atoms with E-state index in [-0.39, 0.29) is 0 Å². The molecule has 134 valence electrons. The Morgan fingerprint density at radius 3 is 1.59 bits per heavy atom. The van der Waals surface area contributed by atoms with Crippen LogP contribution in [0.5, 0.6) is 11.5 Å². The molecule has 0 bridgehead atoms. The van der Waals surface area contributed by atoms with Gasteiger partial charge < -0.3 is 9.47 Å². The minimum absolute atomic E-state index is 0.837. The number of hydrogen-bond acceptors (Lipinski definition) is 4. The molecule has 0 saturated heterocycles. The molecular weight excluding hydrogens is 354 g/mol. The largest absolute Gasteiger partial charge is 0.497 e. The topological polar surface area (TPSA) is 31.4 Å². The first-order valence-electron chi connectivity index (χ1n) is 8.61. The van der Waals surface area contributed by atoms with Crippen LogP contribution in [0.4, 0.5) is 0 Å². The summed E-state index contributed by atoms with van der Waals surface area (Å²) < 4.78 is 10.5. The normalized spacial score (nSPS) is 10.6. The molecule has 2 aromatic heterocycles. The average Bonchev–Trinajstić information content (AvgIpc) is 3.28. The Labute approximate surface area is 162 Å². The molecule has 0 aliphatic carbocycles. The van der Waals surface area contributed by atoms with E-state index < -0.39 is 0 Å². The van der Waals surface area contributed by atoms with Gasteiger partial charge in [0, 0.05) is 16.0 Å². The summed E-state index contributed by atoms with van der Waals surface area (Å²) in [6, 6.07) is 24.5. The molecule has 0 unspecified atom stereocenters. The Balaban J connectivity index is 1.83. The molecular formula is C23H19NO2S. The molecule has 0 aliphatic heterocycles. The van der Waals surface area contributed by atoms with Crippen LogP contribution >= 0.6 is 11.3 Å². The number of aromatic nitrogens is 1. The Morgan fingerprint density at radius 1 is 0.667 bits per heavy atom. The van der Waals surface area contributed by atoms with Crippen molar-refractivity contribution in [3.05, 3.63) is 78.2 Å². The number of nitrogens with zero attached hydrogens (tertiary/aromatic N) is 1. The third-order valence-corrected chi connectivity index (χ3v) is 5.32. The molecule has 0 saturated carbocycles. The van der Waals surface area contributed by atoms with Crippen molar-refractivity contribution in [3.8, 4) is 44.5 Å². The van der Waals surface area contributed by atoms with Crippen LogP contribution in [0.3, 0.4) is 0 Å². The van der Waals surface area contributed by atoms with Crippen molar-refractivity contribution in [1.29, 1.82) is 0 Å². The fraction of sp³-hybridized carbons (Fsp3) is 0.0870. The minimum atomic E-state index is 0.837. The molecule has 0 spiro atoms. The molecule has 0 fully saturated rings. The number of benzene rings is 2. The van der Waals surface area contributed by atoms with Gasteiger partial charge in [0.2, 0.25) is 0 Å². The third-order valence-electron chi connectivity index (χ3n) is 4.40. The summed E-state index contributed by atoms with van der Waals surface area (Å²) in [4.78, 5) is 6.14. The molecule has 27 heavy (non-hydrogen) atoms. The first-order valence-corrected chi connectivity index (χ1v) is 9.49. The van der Waals surface area contributed by atoms with Gasteiger partial charge in [-0.1, -0.05) is 6.07 Å². The summed E-state index contributed by atoms with van der Waals surface area (Å²) in [7, 11) is 3.35. The maximum Gasteiger partial charge on any atom is 0.118 e. The lowest BCUT2D eigenvalue weighted by Crippen LogP contribution is -1.91. The Kier molecular flexibility index (Phi) is 4.90. The van der Waals surface area contributed by atoms with Crippen LogP contribution in [-0.4, -0.2) is 19.2 Å². The summed E-state index contributed by atoms with van der Waals surface area (Å²) in [5.74, 6) is 1.67. The molecule has 4 heteroatoms. The van der Waals surface area contributed by atoms with Gasteiger partial charge >= 0.3 is 0 Å². The van der Waals surface area contributed by atoms with Crippen LogP contribution in [0, 0.1) is 0 Å². The second-order valence-corrected chi connectivity index (χ2v) is 7.01. The van der Waals surface area contributed by atoms with E-state index >= 15 is 0 Å². The van der Waals surface area contributed by atoms with Gasteiger partial charge in [-0.05, 0) is 77.7 Å². The lowest BCUT2D eigenvalue weighted by Gasteiger charge is -2.10. The molecule has 0 aliphatic rings. The number of hydrogen-bond donors (Lipinski definition) is 0. The molecule has 2 aromatic carbocycles. The summed E-state index contributed by atoms with van der Waals surface area (Å²) in [6.45, 7) is 0. The van der Waals surface area contributed by atoms with Crippen LogP contribution in [-0.2, 0) is 0 Å². The first kappa shape index (κ1) is 17.3. The lowest BCUT2D eigenvalue weighted by atomic mass is 10.0. The zero-order valence-electron chi connectivity index (χ0n) is 15.2. The second kappa shape index (κ2) is 7.64.